The molecule has 0 radical (unpaired) electrons. The normalized spacial score (nSPS) is 11.2. The third kappa shape index (κ3) is 3.82. The Morgan fingerprint density at radius 3 is 2.75 bits per heavy atom. The number of benzene rings is 1. The molecule has 0 amide bonds. The zero-order valence-electron chi connectivity index (χ0n) is 9.27. The van der Waals surface area contributed by atoms with E-state index < -0.39 is 11.8 Å². The molecule has 86 valence electrons. The van der Waals surface area contributed by atoms with Gasteiger partial charge in [-0.25, -0.2) is 9.18 Å². The van der Waals surface area contributed by atoms with Gasteiger partial charge in [0.2, 0.25) is 0 Å². The van der Waals surface area contributed by atoms with Crippen LogP contribution in [-0.4, -0.2) is 30.1 Å². The monoisotopic (exact) mass is 223 g/mol. The number of hydrogen-bond donors (Lipinski definition) is 1. The van der Waals surface area contributed by atoms with Gasteiger partial charge in [0.05, 0.1) is 0 Å². The van der Waals surface area contributed by atoms with Crippen LogP contribution in [0.5, 0.6) is 0 Å². The Kier molecular flexibility index (Phi) is 4.19. The van der Waals surface area contributed by atoms with E-state index in [4.69, 9.17) is 5.11 Å². The maximum absolute atomic E-state index is 13.3. The molecular formula is C12H14FNO2. The minimum atomic E-state index is -1.09. The average Bonchev–Trinajstić information content (AvgIpc) is 2.18. The highest BCUT2D eigenvalue weighted by atomic mass is 19.1. The van der Waals surface area contributed by atoms with E-state index in [1.54, 1.807) is 12.1 Å². The molecule has 1 aromatic carbocycles. The Labute approximate surface area is 93.8 Å². The summed E-state index contributed by atoms with van der Waals surface area (Å²) in [5.74, 6) is -1.50. The topological polar surface area (TPSA) is 40.5 Å². The van der Waals surface area contributed by atoms with Crippen LogP contribution in [0, 0.1) is 5.82 Å². The highest BCUT2D eigenvalue weighted by Crippen LogP contribution is 2.13. The van der Waals surface area contributed by atoms with Crippen LogP contribution in [-0.2, 0) is 11.3 Å². The molecular weight excluding hydrogens is 209 g/mol. The maximum atomic E-state index is 13.3. The molecule has 0 atom stereocenters. The summed E-state index contributed by atoms with van der Waals surface area (Å²) in [6, 6.07) is 4.68. The van der Waals surface area contributed by atoms with Crippen molar-refractivity contribution in [2.24, 2.45) is 0 Å². The van der Waals surface area contributed by atoms with E-state index in [1.807, 2.05) is 19.0 Å². The van der Waals surface area contributed by atoms with Crippen molar-refractivity contribution < 1.29 is 14.3 Å². The largest absolute Gasteiger partial charge is 0.478 e. The second kappa shape index (κ2) is 5.42. The Morgan fingerprint density at radius 2 is 2.19 bits per heavy atom. The summed E-state index contributed by atoms with van der Waals surface area (Å²) in [6.07, 6.45) is 2.19. The molecule has 0 aromatic heterocycles. The number of carboxylic acid groups (broad SMARTS) is 1. The first-order chi connectivity index (χ1) is 7.49. The zero-order chi connectivity index (χ0) is 12.1. The summed E-state index contributed by atoms with van der Waals surface area (Å²) >= 11 is 0. The smallest absolute Gasteiger partial charge is 0.328 e. The molecule has 4 heteroatoms. The van der Waals surface area contributed by atoms with Crippen molar-refractivity contribution in [1.82, 2.24) is 4.90 Å². The SMILES string of the molecule is CN(C)Cc1ccc(F)c(C=CC(=O)O)c1. The highest BCUT2D eigenvalue weighted by Gasteiger charge is 2.02. The molecule has 0 unspecified atom stereocenters. The van der Waals surface area contributed by atoms with Gasteiger partial charge < -0.3 is 10.0 Å². The molecule has 3 nitrogen and oxygen atoms in total. The van der Waals surface area contributed by atoms with Gasteiger partial charge >= 0.3 is 5.97 Å². The van der Waals surface area contributed by atoms with E-state index in [0.29, 0.717) is 12.1 Å². The first-order valence-corrected chi connectivity index (χ1v) is 4.83. The molecule has 0 aliphatic rings. The summed E-state index contributed by atoms with van der Waals surface area (Å²) < 4.78 is 13.3. The Balaban J connectivity index is 2.94. The van der Waals surface area contributed by atoms with Crippen LogP contribution in [0.1, 0.15) is 11.1 Å². The number of rotatable bonds is 4. The maximum Gasteiger partial charge on any atom is 0.328 e. The van der Waals surface area contributed by atoms with Gasteiger partial charge in [-0.15, -0.1) is 0 Å². The molecule has 1 N–H and O–H groups in total. The zero-order valence-corrected chi connectivity index (χ0v) is 9.27. The van der Waals surface area contributed by atoms with Crippen LogP contribution < -0.4 is 0 Å². The molecule has 0 saturated heterocycles. The predicted octanol–water partition coefficient (Wildman–Crippen LogP) is 1.99. The van der Waals surface area contributed by atoms with Crippen LogP contribution in [0.3, 0.4) is 0 Å². The Morgan fingerprint density at radius 1 is 1.50 bits per heavy atom. The lowest BCUT2D eigenvalue weighted by molar-refractivity contribution is -0.131. The molecule has 0 saturated carbocycles. The summed E-state index contributed by atoms with van der Waals surface area (Å²) in [4.78, 5) is 12.3. The Bertz CT molecular complexity index is 413. The molecule has 0 aliphatic carbocycles. The van der Waals surface area contributed by atoms with Crippen LogP contribution in [0.15, 0.2) is 24.3 Å². The van der Waals surface area contributed by atoms with Gasteiger partial charge in [0.25, 0.3) is 0 Å². The van der Waals surface area contributed by atoms with Gasteiger partial charge in [-0.2, -0.15) is 0 Å². The van der Waals surface area contributed by atoms with Gasteiger partial charge in [-0.1, -0.05) is 6.07 Å². The molecule has 0 aliphatic heterocycles. The van der Waals surface area contributed by atoms with Crippen LogP contribution in [0.25, 0.3) is 6.08 Å². The van der Waals surface area contributed by atoms with E-state index in [2.05, 4.69) is 0 Å². The summed E-state index contributed by atoms with van der Waals surface area (Å²) in [5, 5.41) is 8.46. The van der Waals surface area contributed by atoms with Crippen molar-refractivity contribution in [2.75, 3.05) is 14.1 Å². The van der Waals surface area contributed by atoms with E-state index in [9.17, 15) is 9.18 Å². The van der Waals surface area contributed by atoms with Crippen molar-refractivity contribution >= 4 is 12.0 Å². The van der Waals surface area contributed by atoms with E-state index in [0.717, 1.165) is 11.6 Å². The van der Waals surface area contributed by atoms with Gasteiger partial charge in [-0.3, -0.25) is 0 Å². The van der Waals surface area contributed by atoms with Crippen molar-refractivity contribution in [1.29, 1.82) is 0 Å². The molecule has 16 heavy (non-hydrogen) atoms. The quantitative estimate of drug-likeness (QED) is 0.793. The number of carbonyl (C=O) groups is 1. The fourth-order valence-corrected chi connectivity index (χ4v) is 1.35. The summed E-state index contributed by atoms with van der Waals surface area (Å²) in [6.45, 7) is 0.689. The predicted molar refractivity (Wildman–Crippen MR) is 60.5 cm³/mol. The van der Waals surface area contributed by atoms with E-state index in [1.165, 1.54) is 12.1 Å². The number of hydrogen-bond acceptors (Lipinski definition) is 2. The minimum Gasteiger partial charge on any atom is -0.478 e. The fourth-order valence-electron chi connectivity index (χ4n) is 1.35. The lowest BCUT2D eigenvalue weighted by Crippen LogP contribution is -2.10. The second-order valence-corrected chi connectivity index (χ2v) is 3.77. The molecule has 0 spiro atoms. The van der Waals surface area contributed by atoms with Gasteiger partial charge in [0.1, 0.15) is 5.82 Å². The van der Waals surface area contributed by atoms with Gasteiger partial charge in [-0.05, 0) is 37.9 Å². The van der Waals surface area contributed by atoms with E-state index >= 15 is 0 Å². The minimum absolute atomic E-state index is 0.293. The number of aliphatic carboxylic acids is 1. The van der Waals surface area contributed by atoms with Gasteiger partial charge in [0, 0.05) is 18.2 Å². The van der Waals surface area contributed by atoms with Crippen LogP contribution >= 0.6 is 0 Å². The van der Waals surface area contributed by atoms with Gasteiger partial charge in [0.15, 0.2) is 0 Å². The lowest BCUT2D eigenvalue weighted by atomic mass is 10.1. The third-order valence-corrected chi connectivity index (χ3v) is 1.96. The molecule has 0 fully saturated rings. The first-order valence-electron chi connectivity index (χ1n) is 4.83. The van der Waals surface area contributed by atoms with Crippen molar-refractivity contribution in [2.45, 2.75) is 6.54 Å². The van der Waals surface area contributed by atoms with Crippen molar-refractivity contribution in [3.63, 3.8) is 0 Å². The lowest BCUT2D eigenvalue weighted by Gasteiger charge is -2.10. The average molecular weight is 223 g/mol. The number of halogens is 1. The first kappa shape index (κ1) is 12.4. The van der Waals surface area contributed by atoms with Crippen LogP contribution in [0.4, 0.5) is 4.39 Å². The standard InChI is InChI=1S/C12H14FNO2/c1-14(2)8-9-3-5-11(13)10(7-9)4-6-12(15)16/h3-7H,8H2,1-2H3,(H,15,16). The van der Waals surface area contributed by atoms with Crippen molar-refractivity contribution in [3.05, 3.63) is 41.2 Å². The summed E-state index contributed by atoms with van der Waals surface area (Å²) in [5.41, 5.74) is 1.23. The van der Waals surface area contributed by atoms with E-state index in [-0.39, 0.29) is 0 Å². The third-order valence-electron chi connectivity index (χ3n) is 1.96. The fraction of sp³-hybridized carbons (Fsp3) is 0.250. The van der Waals surface area contributed by atoms with Crippen molar-refractivity contribution in [3.8, 4) is 0 Å². The number of carboxylic acids is 1. The number of nitrogens with zero attached hydrogens (tertiary/aromatic N) is 1. The molecule has 0 bridgehead atoms. The second-order valence-electron chi connectivity index (χ2n) is 3.77. The highest BCUT2D eigenvalue weighted by molar-refractivity contribution is 5.85. The van der Waals surface area contributed by atoms with Crippen LogP contribution in [0.2, 0.25) is 0 Å². The summed E-state index contributed by atoms with van der Waals surface area (Å²) in [7, 11) is 3.83. The Hall–Kier alpha value is -1.68. The molecule has 0 heterocycles. The molecule has 1 rings (SSSR count). The molecule has 1 aromatic rings.